The van der Waals surface area contributed by atoms with Gasteiger partial charge in [-0.2, -0.15) is 5.10 Å². The normalized spacial score (nSPS) is 19.0. The molecule has 8 nitrogen and oxygen atoms in total. The number of benzene rings is 1. The van der Waals surface area contributed by atoms with Crippen molar-refractivity contribution in [2.75, 3.05) is 25.1 Å². The summed E-state index contributed by atoms with van der Waals surface area (Å²) in [5, 5.41) is 8.07. The van der Waals surface area contributed by atoms with Crippen LogP contribution in [0.15, 0.2) is 23.0 Å². The number of ether oxygens (including phenoxy) is 1. The number of methoxy groups -OCH3 is 1. The second-order valence-electron chi connectivity index (χ2n) is 7.63. The molecule has 0 radical (unpaired) electrons. The number of aromatic nitrogens is 3. The van der Waals surface area contributed by atoms with Crippen LogP contribution in [-0.2, 0) is 24.3 Å². The highest BCUT2D eigenvalue weighted by molar-refractivity contribution is 6.30. The van der Waals surface area contributed by atoms with Gasteiger partial charge in [0.2, 0.25) is 5.91 Å². The lowest BCUT2D eigenvalue weighted by Crippen LogP contribution is -2.40. The highest BCUT2D eigenvalue weighted by Crippen LogP contribution is 2.33. The summed E-state index contributed by atoms with van der Waals surface area (Å²) in [5.74, 6) is 1.36. The van der Waals surface area contributed by atoms with Gasteiger partial charge in [-0.3, -0.25) is 9.36 Å². The van der Waals surface area contributed by atoms with E-state index in [0.29, 0.717) is 18.1 Å². The lowest BCUT2D eigenvalue weighted by atomic mass is 10.2. The molecule has 1 unspecified atom stereocenters. The van der Waals surface area contributed by atoms with Crippen LogP contribution in [0.3, 0.4) is 0 Å². The van der Waals surface area contributed by atoms with Gasteiger partial charge < -0.3 is 15.0 Å². The minimum absolute atomic E-state index is 0.00216. The minimum Gasteiger partial charge on any atom is -0.495 e. The number of carbonyl (C=O) groups excluding carboxylic acids is 1. The number of anilines is 1. The van der Waals surface area contributed by atoms with Crippen molar-refractivity contribution in [3.05, 3.63) is 39.5 Å². The Hall–Kier alpha value is -2.48. The van der Waals surface area contributed by atoms with Crippen LogP contribution in [0.25, 0.3) is 0 Å². The molecular formula is C20H26ClN5O3. The lowest BCUT2D eigenvalue weighted by Gasteiger charge is -2.21. The first-order valence-electron chi connectivity index (χ1n) is 10.1. The van der Waals surface area contributed by atoms with Crippen molar-refractivity contribution in [3.8, 4) is 5.75 Å². The molecule has 2 aliphatic heterocycles. The second kappa shape index (κ2) is 8.49. The van der Waals surface area contributed by atoms with E-state index in [1.54, 1.807) is 17.7 Å². The van der Waals surface area contributed by atoms with Gasteiger partial charge in [-0.25, -0.2) is 9.48 Å². The van der Waals surface area contributed by atoms with Crippen molar-refractivity contribution in [1.82, 2.24) is 19.7 Å². The monoisotopic (exact) mass is 419 g/mol. The molecule has 4 rings (SSSR count). The maximum atomic E-state index is 12.5. The predicted molar refractivity (Wildman–Crippen MR) is 111 cm³/mol. The zero-order valence-electron chi connectivity index (χ0n) is 16.6. The van der Waals surface area contributed by atoms with Gasteiger partial charge in [0.1, 0.15) is 18.1 Å². The number of nitrogens with one attached hydrogen (secondary N) is 1. The first kappa shape index (κ1) is 19.8. The van der Waals surface area contributed by atoms with Gasteiger partial charge in [0.05, 0.1) is 12.8 Å². The quantitative estimate of drug-likeness (QED) is 0.799. The zero-order valence-corrected chi connectivity index (χ0v) is 17.3. The fourth-order valence-electron chi connectivity index (χ4n) is 4.14. The standard InChI is InChI=1S/C20H26ClN5O3/c1-29-17-7-6-14(21)11-16(17)24-10-8-15(12-24)22-19(27)13-26-20(28)25-9-4-2-3-5-18(25)23-26/h6-7,11,15H,2-5,8-10,12-13H2,1H3,(H,22,27). The van der Waals surface area contributed by atoms with Gasteiger partial charge in [0.25, 0.3) is 0 Å². The number of aryl methyl sites for hydroxylation is 1. The number of rotatable bonds is 5. The molecule has 2 aromatic rings. The van der Waals surface area contributed by atoms with E-state index in [0.717, 1.165) is 55.9 Å². The molecule has 1 atom stereocenters. The van der Waals surface area contributed by atoms with E-state index in [-0.39, 0.29) is 24.2 Å². The van der Waals surface area contributed by atoms with Crippen LogP contribution in [0, 0.1) is 0 Å². The summed E-state index contributed by atoms with van der Waals surface area (Å²) in [6.07, 6.45) is 4.74. The van der Waals surface area contributed by atoms with Crippen LogP contribution in [-0.4, -0.2) is 46.5 Å². The molecule has 9 heteroatoms. The van der Waals surface area contributed by atoms with Gasteiger partial charge in [-0.1, -0.05) is 18.0 Å². The molecule has 1 fully saturated rings. The Morgan fingerprint density at radius 2 is 2.17 bits per heavy atom. The summed E-state index contributed by atoms with van der Waals surface area (Å²) in [4.78, 5) is 27.2. The van der Waals surface area contributed by atoms with Crippen molar-refractivity contribution >= 4 is 23.2 Å². The molecule has 1 saturated heterocycles. The average molecular weight is 420 g/mol. The van der Waals surface area contributed by atoms with Gasteiger partial charge in [0, 0.05) is 37.1 Å². The summed E-state index contributed by atoms with van der Waals surface area (Å²) in [6, 6.07) is 5.52. The Labute approximate surface area is 174 Å². The van der Waals surface area contributed by atoms with E-state index < -0.39 is 0 Å². The van der Waals surface area contributed by atoms with E-state index in [1.165, 1.54) is 4.68 Å². The van der Waals surface area contributed by atoms with Gasteiger partial charge in [0.15, 0.2) is 0 Å². The third-order valence-corrected chi connectivity index (χ3v) is 5.84. The van der Waals surface area contributed by atoms with Crippen LogP contribution in [0.4, 0.5) is 5.69 Å². The Morgan fingerprint density at radius 1 is 1.31 bits per heavy atom. The molecule has 1 aromatic heterocycles. The number of carbonyl (C=O) groups is 1. The van der Waals surface area contributed by atoms with Crippen LogP contribution in [0.5, 0.6) is 5.75 Å². The van der Waals surface area contributed by atoms with E-state index in [9.17, 15) is 9.59 Å². The summed E-state index contributed by atoms with van der Waals surface area (Å²) in [7, 11) is 1.63. The Morgan fingerprint density at radius 3 is 3.00 bits per heavy atom. The molecular weight excluding hydrogens is 394 g/mol. The molecule has 1 amide bonds. The fraction of sp³-hybridized carbons (Fsp3) is 0.550. The van der Waals surface area contributed by atoms with Gasteiger partial charge >= 0.3 is 5.69 Å². The molecule has 0 aliphatic carbocycles. The van der Waals surface area contributed by atoms with Crippen LogP contribution < -0.4 is 20.6 Å². The number of halogens is 1. The first-order valence-corrected chi connectivity index (χ1v) is 10.5. The maximum Gasteiger partial charge on any atom is 0.346 e. The van der Waals surface area contributed by atoms with Crippen LogP contribution in [0.2, 0.25) is 5.02 Å². The number of hydrogen-bond donors (Lipinski definition) is 1. The minimum atomic E-state index is -0.190. The summed E-state index contributed by atoms with van der Waals surface area (Å²) in [5.41, 5.74) is 0.736. The zero-order chi connectivity index (χ0) is 20.4. The van der Waals surface area contributed by atoms with Crippen molar-refractivity contribution in [2.45, 2.75) is 51.2 Å². The molecule has 29 heavy (non-hydrogen) atoms. The summed E-state index contributed by atoms with van der Waals surface area (Å²) >= 11 is 6.14. The van der Waals surface area contributed by atoms with Gasteiger partial charge in [-0.15, -0.1) is 0 Å². The molecule has 3 heterocycles. The van der Waals surface area contributed by atoms with Crippen molar-refractivity contribution < 1.29 is 9.53 Å². The average Bonchev–Trinajstić information content (AvgIpc) is 3.18. The van der Waals surface area contributed by atoms with E-state index in [2.05, 4.69) is 15.3 Å². The third-order valence-electron chi connectivity index (χ3n) is 5.61. The molecule has 0 saturated carbocycles. The number of nitrogens with zero attached hydrogens (tertiary/aromatic N) is 4. The maximum absolute atomic E-state index is 12.5. The Bertz CT molecular complexity index is 954. The van der Waals surface area contributed by atoms with Crippen molar-refractivity contribution in [3.63, 3.8) is 0 Å². The predicted octanol–water partition coefficient (Wildman–Crippen LogP) is 1.83. The Kier molecular flexibility index (Phi) is 5.80. The largest absolute Gasteiger partial charge is 0.495 e. The summed E-state index contributed by atoms with van der Waals surface area (Å²) < 4.78 is 8.44. The second-order valence-corrected chi connectivity index (χ2v) is 8.07. The van der Waals surface area contributed by atoms with Crippen LogP contribution >= 0.6 is 11.6 Å². The fourth-order valence-corrected chi connectivity index (χ4v) is 4.31. The van der Waals surface area contributed by atoms with Gasteiger partial charge in [-0.05, 0) is 37.5 Å². The molecule has 156 valence electrons. The van der Waals surface area contributed by atoms with E-state index in [1.807, 2.05) is 12.1 Å². The number of fused-ring (bicyclic) bond motifs is 1. The Balaban J connectivity index is 1.38. The van der Waals surface area contributed by atoms with Crippen LogP contribution in [0.1, 0.15) is 31.5 Å². The molecule has 2 aliphatic rings. The lowest BCUT2D eigenvalue weighted by molar-refractivity contribution is -0.122. The highest BCUT2D eigenvalue weighted by Gasteiger charge is 2.27. The van der Waals surface area contributed by atoms with Crippen molar-refractivity contribution in [1.29, 1.82) is 0 Å². The molecule has 0 spiro atoms. The van der Waals surface area contributed by atoms with Crippen molar-refractivity contribution in [2.24, 2.45) is 0 Å². The molecule has 1 N–H and O–H groups in total. The SMILES string of the molecule is COc1ccc(Cl)cc1N1CCC(NC(=O)Cn2nc3n(c2=O)CCCCC3)C1. The topological polar surface area (TPSA) is 81.4 Å². The molecule has 1 aromatic carbocycles. The van der Waals surface area contributed by atoms with E-state index in [4.69, 9.17) is 16.3 Å². The smallest absolute Gasteiger partial charge is 0.346 e. The number of hydrogen-bond acceptors (Lipinski definition) is 5. The van der Waals surface area contributed by atoms with E-state index >= 15 is 0 Å². The summed E-state index contributed by atoms with van der Waals surface area (Å²) in [6.45, 7) is 2.10. The highest BCUT2D eigenvalue weighted by atomic mass is 35.5. The number of amides is 1. The third kappa shape index (κ3) is 4.27. The first-order chi connectivity index (χ1) is 14.0. The molecule has 0 bridgehead atoms.